The van der Waals surface area contributed by atoms with Crippen LogP contribution in [0.25, 0.3) is 0 Å². The first-order chi connectivity index (χ1) is 10.4. The number of hydrogen-bond donors (Lipinski definition) is 2. The third-order valence-corrected chi connectivity index (χ3v) is 3.83. The van der Waals surface area contributed by atoms with Crippen LogP contribution in [0.15, 0.2) is 24.3 Å². The van der Waals surface area contributed by atoms with E-state index in [2.05, 4.69) is 10.6 Å². The molecule has 2 N–H and O–H groups in total. The monoisotopic (exact) mass is 324 g/mol. The number of nitrogens with one attached hydrogen (secondary N) is 2. The summed E-state index contributed by atoms with van der Waals surface area (Å²) in [6.45, 7) is 4.01. The molecule has 0 saturated carbocycles. The van der Waals surface area contributed by atoms with E-state index in [0.29, 0.717) is 23.7 Å². The molecule has 0 bridgehead atoms. The van der Waals surface area contributed by atoms with E-state index in [9.17, 15) is 9.59 Å². The van der Waals surface area contributed by atoms with Crippen molar-refractivity contribution in [3.63, 3.8) is 0 Å². The number of benzene rings is 1. The molecule has 1 saturated heterocycles. The molecule has 1 aromatic rings. The van der Waals surface area contributed by atoms with Gasteiger partial charge in [0.1, 0.15) is 11.8 Å². The lowest BCUT2D eigenvalue weighted by Gasteiger charge is -2.27. The van der Waals surface area contributed by atoms with Crippen LogP contribution in [0.5, 0.6) is 5.75 Å². The number of rotatable bonds is 4. The van der Waals surface area contributed by atoms with Gasteiger partial charge in [-0.2, -0.15) is 0 Å². The van der Waals surface area contributed by atoms with E-state index in [1.54, 1.807) is 38.1 Å². The number of hydrogen-bond acceptors (Lipinski definition) is 3. The fourth-order valence-corrected chi connectivity index (χ4v) is 2.38. The van der Waals surface area contributed by atoms with Crippen molar-refractivity contribution in [1.29, 1.82) is 0 Å². The van der Waals surface area contributed by atoms with Gasteiger partial charge in [-0.15, -0.1) is 0 Å². The Balaban J connectivity index is 1.99. The summed E-state index contributed by atoms with van der Waals surface area (Å²) in [5.74, 6) is 0.104. The van der Waals surface area contributed by atoms with Crippen molar-refractivity contribution in [2.45, 2.75) is 44.8 Å². The SMILES string of the molecule is CC(C)(Oc1ccc(Cl)cc1)C(=O)N[C@@H]1CCCCNC1=O. The van der Waals surface area contributed by atoms with Crippen LogP contribution >= 0.6 is 11.6 Å². The highest BCUT2D eigenvalue weighted by molar-refractivity contribution is 6.30. The van der Waals surface area contributed by atoms with E-state index in [4.69, 9.17) is 16.3 Å². The summed E-state index contributed by atoms with van der Waals surface area (Å²) in [5, 5.41) is 6.18. The molecule has 1 aliphatic rings. The zero-order valence-electron chi connectivity index (χ0n) is 12.8. The standard InChI is InChI=1S/C16H21ClN2O3/c1-16(2,22-12-8-6-11(17)7-9-12)15(21)19-13-5-3-4-10-18-14(13)20/h6-9,13H,3-5,10H2,1-2H3,(H,18,20)(H,19,21)/t13-/m1/s1. The first-order valence-electron chi connectivity index (χ1n) is 7.42. The van der Waals surface area contributed by atoms with E-state index in [1.807, 2.05) is 0 Å². The van der Waals surface area contributed by atoms with Crippen LogP contribution in [-0.4, -0.2) is 30.0 Å². The normalized spacial score (nSPS) is 19.0. The molecule has 6 heteroatoms. The van der Waals surface area contributed by atoms with E-state index in [-0.39, 0.29) is 11.8 Å². The molecule has 1 aromatic carbocycles. The van der Waals surface area contributed by atoms with Crippen molar-refractivity contribution in [3.05, 3.63) is 29.3 Å². The lowest BCUT2D eigenvalue weighted by atomic mass is 10.1. The van der Waals surface area contributed by atoms with Gasteiger partial charge in [-0.05, 0) is 57.4 Å². The average Bonchev–Trinajstić information content (AvgIpc) is 2.66. The summed E-state index contributed by atoms with van der Waals surface area (Å²) < 4.78 is 5.72. The van der Waals surface area contributed by atoms with Crippen LogP contribution in [-0.2, 0) is 9.59 Å². The molecule has 2 rings (SSSR count). The molecule has 0 aliphatic carbocycles. The molecule has 120 valence electrons. The molecular formula is C16H21ClN2O3. The maximum Gasteiger partial charge on any atom is 0.264 e. The molecule has 22 heavy (non-hydrogen) atoms. The quantitative estimate of drug-likeness (QED) is 0.893. The Kier molecular flexibility index (Phi) is 5.29. The molecule has 0 unspecified atom stereocenters. The Morgan fingerprint density at radius 1 is 1.32 bits per heavy atom. The second kappa shape index (κ2) is 7.01. The summed E-state index contributed by atoms with van der Waals surface area (Å²) >= 11 is 5.83. The number of carbonyl (C=O) groups is 2. The molecule has 5 nitrogen and oxygen atoms in total. The summed E-state index contributed by atoms with van der Waals surface area (Å²) in [6, 6.07) is 6.31. The Morgan fingerprint density at radius 3 is 2.68 bits per heavy atom. The van der Waals surface area contributed by atoms with Gasteiger partial charge in [-0.1, -0.05) is 11.6 Å². The Labute approximate surface area is 135 Å². The fourth-order valence-electron chi connectivity index (χ4n) is 2.25. The van der Waals surface area contributed by atoms with Crippen molar-refractivity contribution in [2.75, 3.05) is 6.54 Å². The number of ether oxygens (including phenoxy) is 1. The summed E-state index contributed by atoms with van der Waals surface area (Å²) in [5.41, 5.74) is -1.08. The van der Waals surface area contributed by atoms with Crippen LogP contribution < -0.4 is 15.4 Å². The topological polar surface area (TPSA) is 67.4 Å². The van der Waals surface area contributed by atoms with Gasteiger partial charge in [0.2, 0.25) is 5.91 Å². The largest absolute Gasteiger partial charge is 0.478 e. The number of carbonyl (C=O) groups excluding carboxylic acids is 2. The molecule has 1 atom stereocenters. The van der Waals surface area contributed by atoms with Gasteiger partial charge in [0.25, 0.3) is 5.91 Å². The molecule has 0 spiro atoms. The summed E-state index contributed by atoms with van der Waals surface area (Å²) in [6.07, 6.45) is 2.49. The van der Waals surface area contributed by atoms with Crippen molar-refractivity contribution in [3.8, 4) is 5.75 Å². The number of halogens is 1. The Morgan fingerprint density at radius 2 is 2.00 bits per heavy atom. The van der Waals surface area contributed by atoms with Crippen LogP contribution in [0.2, 0.25) is 5.02 Å². The van der Waals surface area contributed by atoms with Crippen molar-refractivity contribution in [2.24, 2.45) is 0 Å². The lowest BCUT2D eigenvalue weighted by Crippen LogP contribution is -2.53. The van der Waals surface area contributed by atoms with E-state index < -0.39 is 11.6 Å². The Hall–Kier alpha value is -1.75. The van der Waals surface area contributed by atoms with Crippen molar-refractivity contribution in [1.82, 2.24) is 10.6 Å². The minimum Gasteiger partial charge on any atom is -0.478 e. The zero-order valence-corrected chi connectivity index (χ0v) is 13.6. The van der Waals surface area contributed by atoms with Crippen molar-refractivity contribution >= 4 is 23.4 Å². The Bertz CT molecular complexity index is 543. The van der Waals surface area contributed by atoms with Crippen molar-refractivity contribution < 1.29 is 14.3 Å². The molecule has 2 amide bonds. The molecule has 0 aromatic heterocycles. The highest BCUT2D eigenvalue weighted by atomic mass is 35.5. The molecule has 1 aliphatic heterocycles. The molecule has 0 radical (unpaired) electrons. The maximum absolute atomic E-state index is 12.4. The average molecular weight is 325 g/mol. The maximum atomic E-state index is 12.4. The minimum atomic E-state index is -1.08. The highest BCUT2D eigenvalue weighted by Crippen LogP contribution is 2.21. The summed E-state index contributed by atoms with van der Waals surface area (Å²) in [7, 11) is 0. The minimum absolute atomic E-state index is 0.131. The third-order valence-electron chi connectivity index (χ3n) is 3.57. The molecule has 1 fully saturated rings. The number of amides is 2. The van der Waals surface area contributed by atoms with Crippen LogP contribution in [0.4, 0.5) is 0 Å². The van der Waals surface area contributed by atoms with E-state index in [1.165, 1.54) is 0 Å². The van der Waals surface area contributed by atoms with Gasteiger partial charge in [0.05, 0.1) is 0 Å². The van der Waals surface area contributed by atoms with Gasteiger partial charge in [0.15, 0.2) is 5.60 Å². The van der Waals surface area contributed by atoms with Crippen LogP contribution in [0, 0.1) is 0 Å². The fraction of sp³-hybridized carbons (Fsp3) is 0.500. The zero-order chi connectivity index (χ0) is 16.2. The van der Waals surface area contributed by atoms with Gasteiger partial charge in [-0.3, -0.25) is 9.59 Å². The smallest absolute Gasteiger partial charge is 0.264 e. The van der Waals surface area contributed by atoms with Crippen LogP contribution in [0.3, 0.4) is 0 Å². The van der Waals surface area contributed by atoms with E-state index >= 15 is 0 Å². The highest BCUT2D eigenvalue weighted by Gasteiger charge is 2.33. The van der Waals surface area contributed by atoms with Gasteiger partial charge < -0.3 is 15.4 Å². The van der Waals surface area contributed by atoms with Gasteiger partial charge in [0, 0.05) is 11.6 Å². The van der Waals surface area contributed by atoms with E-state index in [0.717, 1.165) is 12.8 Å². The second-order valence-electron chi connectivity index (χ2n) is 5.88. The van der Waals surface area contributed by atoms with Gasteiger partial charge >= 0.3 is 0 Å². The second-order valence-corrected chi connectivity index (χ2v) is 6.32. The first kappa shape index (κ1) is 16.6. The van der Waals surface area contributed by atoms with Crippen LogP contribution in [0.1, 0.15) is 33.1 Å². The molecule has 1 heterocycles. The summed E-state index contributed by atoms with van der Waals surface area (Å²) in [4.78, 5) is 24.3. The lowest BCUT2D eigenvalue weighted by molar-refractivity contribution is -0.137. The predicted octanol–water partition coefficient (Wildman–Crippen LogP) is 2.28. The predicted molar refractivity (Wildman–Crippen MR) is 85.0 cm³/mol. The molecular weight excluding hydrogens is 304 g/mol. The first-order valence-corrected chi connectivity index (χ1v) is 7.79. The van der Waals surface area contributed by atoms with Gasteiger partial charge in [-0.25, -0.2) is 0 Å². The third kappa shape index (κ3) is 4.37.